The van der Waals surface area contributed by atoms with Gasteiger partial charge in [0, 0.05) is 42.6 Å². The van der Waals surface area contributed by atoms with Gasteiger partial charge in [-0.25, -0.2) is 0 Å². The summed E-state index contributed by atoms with van der Waals surface area (Å²) in [7, 11) is 0. The third-order valence-corrected chi connectivity index (χ3v) is 10.5. The molecule has 1 aromatic heterocycles. The van der Waals surface area contributed by atoms with Crippen LogP contribution in [0, 0.1) is 0 Å². The van der Waals surface area contributed by atoms with Gasteiger partial charge in [0.1, 0.15) is 0 Å². The molecule has 0 N–H and O–H groups in total. The first-order valence-electron chi connectivity index (χ1n) is 16.3. The van der Waals surface area contributed by atoms with Crippen molar-refractivity contribution >= 4 is 59.3 Å². The van der Waals surface area contributed by atoms with Gasteiger partial charge in [0.15, 0.2) is 0 Å². The van der Waals surface area contributed by atoms with Crippen molar-refractivity contribution in [2.24, 2.45) is 0 Å². The van der Waals surface area contributed by atoms with Crippen LogP contribution in [0.5, 0.6) is 0 Å². The van der Waals surface area contributed by atoms with Crippen molar-refractivity contribution in [2.75, 3.05) is 4.90 Å². The first-order valence-corrected chi connectivity index (χ1v) is 17.2. The number of benzene rings is 8. The van der Waals surface area contributed by atoms with E-state index in [1.54, 1.807) is 0 Å². The topological polar surface area (TPSA) is 3.24 Å². The number of fused-ring (bicyclic) bond motifs is 5. The summed E-state index contributed by atoms with van der Waals surface area (Å²) in [6, 6.07) is 68.0. The van der Waals surface area contributed by atoms with Crippen LogP contribution in [0.2, 0.25) is 0 Å². The van der Waals surface area contributed by atoms with Gasteiger partial charge in [-0.15, -0.1) is 11.3 Å². The number of hydrogen-bond donors (Lipinski definition) is 0. The van der Waals surface area contributed by atoms with Crippen molar-refractivity contribution in [3.05, 3.63) is 188 Å². The fourth-order valence-corrected chi connectivity index (χ4v) is 8.03. The number of thiophene rings is 1. The molecule has 0 unspecified atom stereocenters. The van der Waals surface area contributed by atoms with Crippen LogP contribution in [0.15, 0.2) is 188 Å². The van der Waals surface area contributed by atoms with E-state index in [1.165, 1.54) is 64.3 Å². The maximum Gasteiger partial charge on any atom is 0.0462 e. The Morgan fingerprint density at radius 2 is 0.750 bits per heavy atom. The van der Waals surface area contributed by atoms with Crippen molar-refractivity contribution in [2.45, 2.75) is 0 Å². The van der Waals surface area contributed by atoms with E-state index >= 15 is 0 Å². The molecule has 9 rings (SSSR count). The van der Waals surface area contributed by atoms with Crippen LogP contribution >= 0.6 is 11.3 Å². The summed E-state index contributed by atoms with van der Waals surface area (Å²) in [5.74, 6) is 0. The van der Waals surface area contributed by atoms with E-state index in [-0.39, 0.29) is 0 Å². The van der Waals surface area contributed by atoms with Crippen LogP contribution in [-0.2, 0) is 0 Å². The van der Waals surface area contributed by atoms with Crippen LogP contribution in [0.1, 0.15) is 0 Å². The van der Waals surface area contributed by atoms with Gasteiger partial charge >= 0.3 is 0 Å². The highest BCUT2D eigenvalue weighted by atomic mass is 32.1. The van der Waals surface area contributed by atoms with Crippen molar-refractivity contribution in [1.82, 2.24) is 0 Å². The molecule has 0 fully saturated rings. The highest BCUT2D eigenvalue weighted by Gasteiger charge is 2.15. The largest absolute Gasteiger partial charge is 0.311 e. The predicted octanol–water partition coefficient (Wildman–Crippen LogP) is 13.7. The van der Waals surface area contributed by atoms with Gasteiger partial charge in [0.25, 0.3) is 0 Å². The summed E-state index contributed by atoms with van der Waals surface area (Å²) < 4.78 is 2.69. The Bertz CT molecular complexity index is 2430. The average Bonchev–Trinajstić information content (AvgIpc) is 3.56. The minimum Gasteiger partial charge on any atom is -0.311 e. The summed E-state index contributed by atoms with van der Waals surface area (Å²) in [5.41, 5.74) is 10.6. The van der Waals surface area contributed by atoms with Crippen LogP contribution in [0.4, 0.5) is 17.1 Å². The lowest BCUT2D eigenvalue weighted by atomic mass is 9.99. The zero-order valence-electron chi connectivity index (χ0n) is 26.3. The number of anilines is 3. The molecule has 1 heterocycles. The van der Waals surface area contributed by atoms with E-state index in [0.29, 0.717) is 0 Å². The monoisotopic (exact) mass is 629 g/mol. The quantitative estimate of drug-likeness (QED) is 0.177. The van der Waals surface area contributed by atoms with Crippen molar-refractivity contribution < 1.29 is 0 Å². The molecule has 226 valence electrons. The van der Waals surface area contributed by atoms with Crippen LogP contribution in [-0.4, -0.2) is 0 Å². The van der Waals surface area contributed by atoms with E-state index in [4.69, 9.17) is 0 Å². The lowest BCUT2D eigenvalue weighted by Gasteiger charge is -2.26. The smallest absolute Gasteiger partial charge is 0.0462 e. The first kappa shape index (κ1) is 28.3. The summed E-state index contributed by atoms with van der Waals surface area (Å²) in [6.07, 6.45) is 0. The van der Waals surface area contributed by atoms with E-state index in [9.17, 15) is 0 Å². The lowest BCUT2D eigenvalue weighted by molar-refractivity contribution is 1.28. The van der Waals surface area contributed by atoms with Gasteiger partial charge in [-0.2, -0.15) is 0 Å². The normalized spacial score (nSPS) is 11.3. The molecule has 1 nitrogen and oxygen atoms in total. The van der Waals surface area contributed by atoms with E-state index < -0.39 is 0 Å². The molecule has 0 saturated heterocycles. The Kier molecular flexibility index (Phi) is 7.07. The Balaban J connectivity index is 1.10. The van der Waals surface area contributed by atoms with Crippen molar-refractivity contribution in [1.29, 1.82) is 0 Å². The summed E-state index contributed by atoms with van der Waals surface area (Å²) in [6.45, 7) is 0. The van der Waals surface area contributed by atoms with Crippen LogP contribution in [0.3, 0.4) is 0 Å². The maximum absolute atomic E-state index is 2.37. The average molecular weight is 630 g/mol. The van der Waals surface area contributed by atoms with Gasteiger partial charge < -0.3 is 4.90 Å². The second-order valence-corrected chi connectivity index (χ2v) is 13.2. The fraction of sp³-hybridized carbons (Fsp3) is 0. The maximum atomic E-state index is 2.37. The molecule has 9 aromatic rings. The second kappa shape index (κ2) is 12.0. The molecular formula is C46H31NS. The third-order valence-electron chi connectivity index (χ3n) is 9.29. The molecule has 0 saturated carbocycles. The standard InChI is InChI=1S/C46H31NS/c1-3-9-32(10-4-1)34-17-24-39(25-18-34)47(40-26-19-35(20-27-40)33-11-5-2-6-12-33)41-28-21-36(22-29-41)38-16-15-37-23-30-43-42-13-7-8-14-45(42)48-46(43)44(37)31-38/h1-31H. The molecule has 48 heavy (non-hydrogen) atoms. The number of rotatable bonds is 6. The summed E-state index contributed by atoms with van der Waals surface area (Å²) in [4.78, 5) is 2.34. The van der Waals surface area contributed by atoms with E-state index in [0.717, 1.165) is 17.1 Å². The number of hydrogen-bond acceptors (Lipinski definition) is 2. The second-order valence-electron chi connectivity index (χ2n) is 12.2. The Morgan fingerprint density at radius 1 is 0.312 bits per heavy atom. The minimum atomic E-state index is 1.12. The molecule has 2 heteroatoms. The van der Waals surface area contributed by atoms with Crippen LogP contribution < -0.4 is 4.90 Å². The molecule has 0 aliphatic heterocycles. The molecule has 0 aliphatic rings. The number of nitrogens with zero attached hydrogens (tertiary/aromatic N) is 1. The van der Waals surface area contributed by atoms with Gasteiger partial charge in [-0.3, -0.25) is 0 Å². The van der Waals surface area contributed by atoms with E-state index in [1.807, 2.05) is 11.3 Å². The molecule has 8 aromatic carbocycles. The van der Waals surface area contributed by atoms with Gasteiger partial charge in [-0.05, 0) is 87.3 Å². The molecule has 0 radical (unpaired) electrons. The third kappa shape index (κ3) is 5.13. The van der Waals surface area contributed by atoms with Gasteiger partial charge in [0.05, 0.1) is 0 Å². The van der Waals surface area contributed by atoms with Crippen molar-refractivity contribution in [3.8, 4) is 33.4 Å². The highest BCUT2D eigenvalue weighted by Crippen LogP contribution is 2.41. The van der Waals surface area contributed by atoms with Crippen molar-refractivity contribution in [3.63, 3.8) is 0 Å². The van der Waals surface area contributed by atoms with Gasteiger partial charge in [-0.1, -0.05) is 140 Å². The Labute approximate surface area is 284 Å². The molecule has 0 spiro atoms. The zero-order valence-corrected chi connectivity index (χ0v) is 27.1. The first-order chi connectivity index (χ1) is 23.8. The minimum absolute atomic E-state index is 1.12. The highest BCUT2D eigenvalue weighted by molar-refractivity contribution is 7.26. The molecule has 0 bridgehead atoms. The lowest BCUT2D eigenvalue weighted by Crippen LogP contribution is -2.09. The predicted molar refractivity (Wildman–Crippen MR) is 208 cm³/mol. The Hall–Kier alpha value is -5.96. The fourth-order valence-electron chi connectivity index (χ4n) is 6.80. The molecule has 0 atom stereocenters. The van der Waals surface area contributed by atoms with Gasteiger partial charge in [0.2, 0.25) is 0 Å². The molecular weight excluding hydrogens is 599 g/mol. The summed E-state index contributed by atoms with van der Waals surface area (Å²) >= 11 is 1.89. The SMILES string of the molecule is c1ccc(-c2ccc(N(c3ccc(-c4ccccc4)cc3)c3ccc(-c4ccc5ccc6c7ccccc7sc6c5c4)cc3)cc2)cc1. The molecule has 0 amide bonds. The summed E-state index contributed by atoms with van der Waals surface area (Å²) in [5, 5.41) is 5.26. The molecule has 0 aliphatic carbocycles. The van der Waals surface area contributed by atoms with E-state index in [2.05, 4.69) is 193 Å². The Morgan fingerprint density at radius 3 is 1.31 bits per heavy atom. The zero-order chi connectivity index (χ0) is 31.9. The van der Waals surface area contributed by atoms with Crippen LogP contribution in [0.25, 0.3) is 64.3 Å².